The molecule has 71 heavy (non-hydrogen) atoms. The molecule has 2 aromatic rings. The average Bonchev–Trinajstić information content (AvgIpc) is 3.99. The van der Waals surface area contributed by atoms with Crippen molar-refractivity contribution in [1.29, 1.82) is 0 Å². The molecule has 12 N–H and O–H groups in total. The summed E-state index contributed by atoms with van der Waals surface area (Å²) in [5.74, 6) is -7.64. The molecule has 0 radical (unpaired) electrons. The lowest BCUT2D eigenvalue weighted by Gasteiger charge is -2.36. The number of para-hydroxylation sites is 1. The van der Waals surface area contributed by atoms with Crippen LogP contribution in [0.25, 0.3) is 0 Å². The van der Waals surface area contributed by atoms with Gasteiger partial charge in [0.15, 0.2) is 12.3 Å². The van der Waals surface area contributed by atoms with E-state index in [4.69, 9.17) is 9.47 Å². The number of carbonyl (C=O) groups excluding carboxylic acids is 9. The summed E-state index contributed by atoms with van der Waals surface area (Å²) in [5, 5.41) is 56.5. The van der Waals surface area contributed by atoms with Gasteiger partial charge in [-0.3, -0.25) is 38.4 Å². The fourth-order valence-electron chi connectivity index (χ4n) is 9.92. The maximum absolute atomic E-state index is 14.4. The van der Waals surface area contributed by atoms with Gasteiger partial charge in [-0.05, 0) is 86.8 Å². The molecule has 6 bridgehead atoms. The van der Waals surface area contributed by atoms with E-state index < -0.39 is 139 Å². The van der Waals surface area contributed by atoms with E-state index in [0.29, 0.717) is 23.0 Å². The smallest absolute Gasteiger partial charge is 0.330 e. The van der Waals surface area contributed by atoms with Gasteiger partial charge in [-0.25, -0.2) is 4.79 Å². The number of carbonyl (C=O) groups is 10. The Balaban J connectivity index is 1.42. The van der Waals surface area contributed by atoms with E-state index in [0.717, 1.165) is 0 Å². The lowest BCUT2D eigenvalue weighted by atomic mass is 9.70. The van der Waals surface area contributed by atoms with Crippen molar-refractivity contribution < 1.29 is 72.7 Å². The zero-order chi connectivity index (χ0) is 51.5. The molecule has 24 heteroatoms. The van der Waals surface area contributed by atoms with Crippen LogP contribution in [0, 0.1) is 5.92 Å². The minimum atomic E-state index is -1.86. The first-order valence-corrected chi connectivity index (χ1v) is 23.4. The highest BCUT2D eigenvalue weighted by molar-refractivity contribution is 5.96. The Hall–Kier alpha value is -7.34. The molecule has 5 aliphatic heterocycles. The van der Waals surface area contributed by atoms with E-state index in [2.05, 4.69) is 47.9 Å². The lowest BCUT2D eigenvalue weighted by molar-refractivity contribution is -0.148. The number of carboxylic acids is 1. The third-order valence-corrected chi connectivity index (χ3v) is 13.6. The van der Waals surface area contributed by atoms with Gasteiger partial charge in [-0.2, -0.15) is 0 Å². The molecule has 5 heterocycles. The van der Waals surface area contributed by atoms with Crippen molar-refractivity contribution in [2.75, 3.05) is 25.0 Å². The van der Waals surface area contributed by atoms with Crippen molar-refractivity contribution in [2.45, 2.75) is 132 Å². The predicted molar refractivity (Wildman–Crippen MR) is 246 cm³/mol. The minimum absolute atomic E-state index is 0.0223. The Morgan fingerprint density at radius 2 is 1.66 bits per heavy atom. The monoisotopic (exact) mass is 989 g/mol. The summed E-state index contributed by atoms with van der Waals surface area (Å²) < 4.78 is 13.5. The normalized spacial score (nSPS) is 29.9. The summed E-state index contributed by atoms with van der Waals surface area (Å²) in [6.07, 6.45) is -4.10. The maximum atomic E-state index is 14.4. The largest absolute Gasteiger partial charge is 0.483 e. The third kappa shape index (κ3) is 10.7. The SMILES string of the molecule is CCC1(C)Oc2cccc3c2NC2Oc4c5cc(cc4[C@]32CC(NC(=O)CC(C)O)C(=O)NCC(=O)NCC(=O)NC1C(=O)O)C(O)C(C(=O)NCC=O)NC(=O)C(NC(=O)C1CCC(=O)N1)CC(C)C5. The van der Waals surface area contributed by atoms with E-state index in [1.165, 1.54) is 19.9 Å². The second-order valence-electron chi connectivity index (χ2n) is 18.9. The van der Waals surface area contributed by atoms with Gasteiger partial charge in [0, 0.05) is 12.0 Å². The second kappa shape index (κ2) is 20.9. The van der Waals surface area contributed by atoms with E-state index in [1.54, 1.807) is 38.1 Å². The molecule has 10 unspecified atom stereocenters. The molecule has 1 spiro atoms. The first-order chi connectivity index (χ1) is 33.7. The number of aldehydes is 1. The van der Waals surface area contributed by atoms with Crippen LogP contribution in [0.1, 0.15) is 94.6 Å². The van der Waals surface area contributed by atoms with Gasteiger partial charge in [0.2, 0.25) is 47.3 Å². The number of aliphatic carboxylic acids is 1. The van der Waals surface area contributed by atoms with Crippen molar-refractivity contribution in [3.63, 3.8) is 0 Å². The molecule has 5 aliphatic rings. The molecule has 24 nitrogen and oxygen atoms in total. The molecule has 8 amide bonds. The zero-order valence-corrected chi connectivity index (χ0v) is 39.5. The zero-order valence-electron chi connectivity index (χ0n) is 39.5. The van der Waals surface area contributed by atoms with Crippen molar-refractivity contribution in [3.8, 4) is 11.5 Å². The van der Waals surface area contributed by atoms with Crippen molar-refractivity contribution >= 4 is 65.2 Å². The molecule has 1 saturated heterocycles. The molecule has 7 rings (SSSR count). The standard InChI is InChI=1S/C47H59N9O15/c1-5-46(4)39(44(68)69)54-34(62)20-49-33(61)19-50-40(64)29(52-32(60)15-22(3)58)18-47-25-7-6-8-30(71-46)35(25)56-45(47)70-38-24-13-21(2)14-28(53-41(65)27-9-10-31(59)51-27)42(66)55-36(43(67)48-11-12-57)37(63)23(16-24)17-26(38)47/h6-8,12,16-17,21-22,27-29,36-37,39,45,56,58,63H,5,9-11,13-15,18-20H2,1-4H3,(H,48,67)(H,49,61)(H,50,64)(H,51,59)(H,52,60)(H,53,65)(H,54,62)(H,55,66)(H,68,69)/t21?,22?,27?,28?,29?,36?,37?,39?,45?,46?,47-/m0/s1. The number of nitrogens with one attached hydrogen (secondary N) is 9. The van der Waals surface area contributed by atoms with Crippen LogP contribution in [-0.4, -0.2) is 143 Å². The second-order valence-corrected chi connectivity index (χ2v) is 18.9. The molecule has 382 valence electrons. The third-order valence-electron chi connectivity index (χ3n) is 13.6. The number of amides is 8. The van der Waals surface area contributed by atoms with Gasteiger partial charge in [0.05, 0.1) is 43.3 Å². The predicted octanol–water partition coefficient (Wildman–Crippen LogP) is -2.70. The van der Waals surface area contributed by atoms with Gasteiger partial charge in [0.25, 0.3) is 0 Å². The van der Waals surface area contributed by atoms with Crippen LogP contribution in [-0.2, 0) is 59.8 Å². The van der Waals surface area contributed by atoms with Crippen molar-refractivity contribution in [2.24, 2.45) is 5.92 Å². The Morgan fingerprint density at radius 3 is 2.34 bits per heavy atom. The number of aliphatic hydroxyl groups is 2. The summed E-state index contributed by atoms with van der Waals surface area (Å²) in [6, 6.07) is 0.832. The van der Waals surface area contributed by atoms with Crippen LogP contribution in [0.3, 0.4) is 0 Å². The Morgan fingerprint density at radius 1 is 0.915 bits per heavy atom. The maximum Gasteiger partial charge on any atom is 0.330 e. The fourth-order valence-corrected chi connectivity index (χ4v) is 9.92. The van der Waals surface area contributed by atoms with E-state index >= 15 is 0 Å². The number of hydrogen-bond donors (Lipinski definition) is 12. The number of anilines is 1. The summed E-state index contributed by atoms with van der Waals surface area (Å²) in [7, 11) is 0. The number of rotatable bonds is 10. The van der Waals surface area contributed by atoms with Crippen LogP contribution in [0.15, 0.2) is 30.3 Å². The molecule has 0 aliphatic carbocycles. The molecule has 1 fully saturated rings. The molecular weight excluding hydrogens is 931 g/mol. The number of benzene rings is 2. The van der Waals surface area contributed by atoms with E-state index in [9.17, 15) is 63.3 Å². The lowest BCUT2D eigenvalue weighted by Crippen LogP contribution is -2.59. The van der Waals surface area contributed by atoms with Gasteiger partial charge in [-0.15, -0.1) is 0 Å². The van der Waals surface area contributed by atoms with Gasteiger partial charge < -0.3 is 77.4 Å². The van der Waals surface area contributed by atoms with Gasteiger partial charge >= 0.3 is 5.97 Å². The highest BCUT2D eigenvalue weighted by atomic mass is 16.5. The van der Waals surface area contributed by atoms with Crippen LogP contribution in [0.2, 0.25) is 0 Å². The first kappa shape index (κ1) is 51.5. The topological polar surface area (TPSA) is 358 Å². The Bertz CT molecular complexity index is 2520. The highest BCUT2D eigenvalue weighted by Crippen LogP contribution is 2.60. The average molecular weight is 990 g/mol. The summed E-state index contributed by atoms with van der Waals surface area (Å²) in [6.45, 7) is 4.48. The minimum Gasteiger partial charge on any atom is -0.483 e. The fraction of sp³-hybridized carbons (Fsp3) is 0.532. The van der Waals surface area contributed by atoms with Gasteiger partial charge in [-0.1, -0.05) is 26.0 Å². The molecule has 11 atom stereocenters. The van der Waals surface area contributed by atoms with Gasteiger partial charge in [0.1, 0.15) is 53.7 Å². The Kier molecular flexibility index (Phi) is 15.2. The Labute approximate surface area is 406 Å². The van der Waals surface area contributed by atoms with E-state index in [-0.39, 0.29) is 67.2 Å². The van der Waals surface area contributed by atoms with Crippen LogP contribution >= 0.6 is 0 Å². The van der Waals surface area contributed by atoms with Crippen LogP contribution < -0.4 is 57.3 Å². The van der Waals surface area contributed by atoms with Crippen molar-refractivity contribution in [3.05, 3.63) is 52.6 Å². The summed E-state index contributed by atoms with van der Waals surface area (Å²) in [4.78, 5) is 132. The molecule has 0 aromatic heterocycles. The summed E-state index contributed by atoms with van der Waals surface area (Å²) in [5.41, 5.74) is -1.73. The number of hydrogen-bond acceptors (Lipinski definition) is 15. The number of ether oxygens (including phenoxy) is 2. The number of fused-ring (bicyclic) bond motifs is 4. The van der Waals surface area contributed by atoms with Crippen LogP contribution in [0.4, 0.5) is 5.69 Å². The van der Waals surface area contributed by atoms with Crippen molar-refractivity contribution in [1.82, 2.24) is 42.5 Å². The number of aliphatic hydroxyl groups excluding tert-OH is 2. The number of carboxylic acid groups (broad SMARTS) is 1. The summed E-state index contributed by atoms with van der Waals surface area (Å²) >= 11 is 0. The molecule has 2 aromatic carbocycles. The first-order valence-electron chi connectivity index (χ1n) is 23.4. The molecule has 0 saturated carbocycles. The highest BCUT2D eigenvalue weighted by Gasteiger charge is 2.59. The van der Waals surface area contributed by atoms with E-state index in [1.807, 2.05) is 0 Å². The molecular formula is C47H59N9O15. The van der Waals surface area contributed by atoms with Crippen LogP contribution in [0.5, 0.6) is 11.5 Å². The quantitative estimate of drug-likeness (QED) is 0.108.